The third-order valence-corrected chi connectivity index (χ3v) is 5.27. The first-order valence-electron chi connectivity index (χ1n) is 6.31. The van der Waals surface area contributed by atoms with Crippen LogP contribution in [0.3, 0.4) is 0 Å². The molecule has 0 saturated heterocycles. The van der Waals surface area contributed by atoms with E-state index in [2.05, 4.69) is 4.72 Å². The average Bonchev–Trinajstić information content (AvgIpc) is 3.01. The maximum Gasteiger partial charge on any atom is 0.212 e. The van der Waals surface area contributed by atoms with Gasteiger partial charge in [0, 0.05) is 6.04 Å². The Morgan fingerprint density at radius 3 is 2.35 bits per heavy atom. The molecule has 0 amide bonds. The van der Waals surface area contributed by atoms with Crippen LogP contribution in [0.4, 0.5) is 0 Å². The van der Waals surface area contributed by atoms with Crippen LogP contribution in [0.2, 0.25) is 0 Å². The second-order valence-electron chi connectivity index (χ2n) is 5.23. The summed E-state index contributed by atoms with van der Waals surface area (Å²) < 4.78 is 26.6. The Kier molecular flexibility index (Phi) is 5.70. The standard InChI is InChI=1S/C11H22N2O2S.ClH/c12-7-10-3-1-2-4-11(10)13-16(14,15)8-9-5-6-9;/h9-11,13H,1-8,12H2;1H. The van der Waals surface area contributed by atoms with Gasteiger partial charge in [0.2, 0.25) is 10.0 Å². The molecule has 2 saturated carbocycles. The van der Waals surface area contributed by atoms with Crippen molar-refractivity contribution in [1.82, 2.24) is 4.72 Å². The fraction of sp³-hybridized carbons (Fsp3) is 1.00. The molecule has 2 aliphatic carbocycles. The number of hydrogen-bond donors (Lipinski definition) is 2. The lowest BCUT2D eigenvalue weighted by molar-refractivity contribution is 0.296. The van der Waals surface area contributed by atoms with E-state index in [-0.39, 0.29) is 18.4 Å². The van der Waals surface area contributed by atoms with Gasteiger partial charge in [-0.15, -0.1) is 12.4 Å². The molecule has 0 aliphatic heterocycles. The molecule has 2 rings (SSSR count). The fourth-order valence-electron chi connectivity index (χ4n) is 2.52. The van der Waals surface area contributed by atoms with E-state index in [4.69, 9.17) is 5.73 Å². The molecule has 6 heteroatoms. The highest BCUT2D eigenvalue weighted by atomic mass is 35.5. The van der Waals surface area contributed by atoms with Gasteiger partial charge in [0.1, 0.15) is 0 Å². The van der Waals surface area contributed by atoms with Gasteiger partial charge >= 0.3 is 0 Å². The van der Waals surface area contributed by atoms with Crippen LogP contribution in [0.5, 0.6) is 0 Å². The summed E-state index contributed by atoms with van der Waals surface area (Å²) in [7, 11) is -3.07. The summed E-state index contributed by atoms with van der Waals surface area (Å²) in [6.45, 7) is 0.594. The summed E-state index contributed by atoms with van der Waals surface area (Å²) in [5.41, 5.74) is 5.69. The molecular formula is C11H23ClN2O2S. The zero-order chi connectivity index (χ0) is 11.6. The molecule has 2 aliphatic rings. The smallest absolute Gasteiger partial charge is 0.212 e. The van der Waals surface area contributed by atoms with Gasteiger partial charge in [0.05, 0.1) is 5.75 Å². The molecule has 102 valence electrons. The van der Waals surface area contributed by atoms with E-state index in [1.165, 1.54) is 6.42 Å². The van der Waals surface area contributed by atoms with Crippen molar-refractivity contribution in [3.8, 4) is 0 Å². The molecule has 0 aromatic carbocycles. The van der Waals surface area contributed by atoms with Crippen molar-refractivity contribution in [1.29, 1.82) is 0 Å². The SMILES string of the molecule is Cl.NCC1CCCCC1NS(=O)(=O)CC1CC1. The van der Waals surface area contributed by atoms with Crippen molar-refractivity contribution in [2.45, 2.75) is 44.6 Å². The van der Waals surface area contributed by atoms with E-state index in [0.717, 1.165) is 32.1 Å². The Balaban J connectivity index is 0.00000144. The van der Waals surface area contributed by atoms with Crippen LogP contribution in [0.15, 0.2) is 0 Å². The third-order valence-electron chi connectivity index (χ3n) is 3.69. The minimum atomic E-state index is -3.07. The molecule has 0 aromatic heterocycles. The van der Waals surface area contributed by atoms with Crippen LogP contribution in [0.1, 0.15) is 38.5 Å². The zero-order valence-corrected chi connectivity index (χ0v) is 11.7. The summed E-state index contributed by atoms with van der Waals surface area (Å²) >= 11 is 0. The van der Waals surface area contributed by atoms with Gasteiger partial charge < -0.3 is 5.73 Å². The lowest BCUT2D eigenvalue weighted by Gasteiger charge is -2.31. The van der Waals surface area contributed by atoms with E-state index >= 15 is 0 Å². The Morgan fingerprint density at radius 1 is 1.12 bits per heavy atom. The van der Waals surface area contributed by atoms with Gasteiger partial charge in [-0.3, -0.25) is 0 Å². The molecular weight excluding hydrogens is 260 g/mol. The molecule has 0 spiro atoms. The monoisotopic (exact) mass is 282 g/mol. The summed E-state index contributed by atoms with van der Waals surface area (Å²) in [5, 5.41) is 0. The minimum Gasteiger partial charge on any atom is -0.330 e. The molecule has 0 bridgehead atoms. The lowest BCUT2D eigenvalue weighted by atomic mass is 9.85. The summed E-state index contributed by atoms with van der Waals surface area (Å²) in [5.74, 6) is 1.07. The summed E-state index contributed by atoms with van der Waals surface area (Å²) in [6, 6.07) is 0.0856. The van der Waals surface area contributed by atoms with Gasteiger partial charge in [-0.2, -0.15) is 0 Å². The molecule has 0 radical (unpaired) electrons. The predicted octanol–water partition coefficient (Wildman–Crippen LogP) is 1.26. The van der Waals surface area contributed by atoms with Crippen molar-refractivity contribution in [3.05, 3.63) is 0 Å². The summed E-state index contributed by atoms with van der Waals surface area (Å²) in [6.07, 6.45) is 6.46. The molecule has 0 aromatic rings. The van der Waals surface area contributed by atoms with Gasteiger partial charge in [-0.1, -0.05) is 12.8 Å². The molecule has 2 unspecified atom stereocenters. The minimum absolute atomic E-state index is 0. The first kappa shape index (κ1) is 15.2. The first-order valence-corrected chi connectivity index (χ1v) is 7.96. The topological polar surface area (TPSA) is 72.2 Å². The second-order valence-corrected chi connectivity index (χ2v) is 7.03. The highest BCUT2D eigenvalue weighted by Crippen LogP contribution is 2.31. The normalized spacial score (nSPS) is 29.7. The quantitative estimate of drug-likeness (QED) is 0.797. The Labute approximate surface area is 110 Å². The van der Waals surface area contributed by atoms with E-state index in [0.29, 0.717) is 24.1 Å². The Hall–Kier alpha value is 0.160. The number of hydrogen-bond acceptors (Lipinski definition) is 3. The van der Waals surface area contributed by atoms with E-state index in [1.807, 2.05) is 0 Å². The van der Waals surface area contributed by atoms with Gasteiger partial charge in [0.15, 0.2) is 0 Å². The number of sulfonamides is 1. The van der Waals surface area contributed by atoms with Crippen molar-refractivity contribution in [2.24, 2.45) is 17.6 Å². The van der Waals surface area contributed by atoms with Crippen molar-refractivity contribution in [2.75, 3.05) is 12.3 Å². The fourth-order valence-corrected chi connectivity index (χ4v) is 4.34. The number of rotatable bonds is 5. The van der Waals surface area contributed by atoms with Gasteiger partial charge in [-0.25, -0.2) is 13.1 Å². The molecule has 4 nitrogen and oxygen atoms in total. The van der Waals surface area contributed by atoms with E-state index in [9.17, 15) is 8.42 Å². The number of nitrogens with two attached hydrogens (primary N) is 1. The van der Waals surface area contributed by atoms with Crippen molar-refractivity contribution < 1.29 is 8.42 Å². The summed E-state index contributed by atoms with van der Waals surface area (Å²) in [4.78, 5) is 0. The second kappa shape index (κ2) is 6.36. The van der Waals surface area contributed by atoms with E-state index in [1.54, 1.807) is 0 Å². The van der Waals surface area contributed by atoms with Crippen LogP contribution in [-0.4, -0.2) is 26.8 Å². The number of nitrogens with one attached hydrogen (secondary N) is 1. The van der Waals surface area contributed by atoms with Crippen molar-refractivity contribution in [3.63, 3.8) is 0 Å². The largest absolute Gasteiger partial charge is 0.330 e. The molecule has 0 heterocycles. The third kappa shape index (κ3) is 4.73. The molecule has 2 fully saturated rings. The average molecular weight is 283 g/mol. The maximum atomic E-state index is 11.9. The van der Waals surface area contributed by atoms with E-state index < -0.39 is 10.0 Å². The zero-order valence-electron chi connectivity index (χ0n) is 10.1. The predicted molar refractivity (Wildman–Crippen MR) is 71.7 cm³/mol. The van der Waals surface area contributed by atoms with Crippen LogP contribution in [0, 0.1) is 11.8 Å². The Morgan fingerprint density at radius 2 is 1.76 bits per heavy atom. The van der Waals surface area contributed by atoms with Gasteiger partial charge in [0.25, 0.3) is 0 Å². The van der Waals surface area contributed by atoms with Crippen LogP contribution in [0.25, 0.3) is 0 Å². The number of halogens is 1. The molecule has 17 heavy (non-hydrogen) atoms. The first-order chi connectivity index (χ1) is 7.61. The van der Waals surface area contributed by atoms with Crippen molar-refractivity contribution >= 4 is 22.4 Å². The van der Waals surface area contributed by atoms with Crippen LogP contribution >= 0.6 is 12.4 Å². The molecule has 2 atom stereocenters. The maximum absolute atomic E-state index is 11.9. The van der Waals surface area contributed by atoms with Crippen LogP contribution in [-0.2, 0) is 10.0 Å². The van der Waals surface area contributed by atoms with Crippen LogP contribution < -0.4 is 10.5 Å². The highest BCUT2D eigenvalue weighted by molar-refractivity contribution is 7.89. The Bertz CT molecular complexity index is 330. The lowest BCUT2D eigenvalue weighted by Crippen LogP contribution is -2.45. The molecule has 3 N–H and O–H groups in total. The van der Waals surface area contributed by atoms with Gasteiger partial charge in [-0.05, 0) is 44.1 Å². The highest BCUT2D eigenvalue weighted by Gasteiger charge is 2.32.